The number of carbonyl (C=O) groups excluding carboxylic acids is 1. The second-order valence-corrected chi connectivity index (χ2v) is 9.70. The van der Waals surface area contributed by atoms with Crippen molar-refractivity contribution in [3.05, 3.63) is 35.9 Å². The van der Waals surface area contributed by atoms with Gasteiger partial charge in [0.25, 0.3) is 0 Å². The molecule has 2 aliphatic rings. The number of benzene rings is 1. The van der Waals surface area contributed by atoms with Crippen LogP contribution in [0.2, 0.25) is 0 Å². The summed E-state index contributed by atoms with van der Waals surface area (Å²) in [4.78, 5) is 14.6. The summed E-state index contributed by atoms with van der Waals surface area (Å²) >= 11 is 0. The Hall–Kier alpha value is -1.11. The van der Waals surface area contributed by atoms with Gasteiger partial charge in [0.1, 0.15) is 9.84 Å². The van der Waals surface area contributed by atoms with Crippen molar-refractivity contribution in [3.63, 3.8) is 0 Å². The van der Waals surface area contributed by atoms with Gasteiger partial charge in [0.2, 0.25) is 5.91 Å². The monoisotopic (exact) mass is 386 g/mol. The number of nitrogens with two attached hydrogens (primary N) is 1. The van der Waals surface area contributed by atoms with Crippen molar-refractivity contribution in [1.29, 1.82) is 0 Å². The molecule has 0 spiro atoms. The van der Waals surface area contributed by atoms with Gasteiger partial charge in [-0.05, 0) is 36.3 Å². The van der Waals surface area contributed by atoms with Crippen LogP contribution in [0.25, 0.3) is 0 Å². The molecule has 1 aliphatic heterocycles. The first-order valence-electron chi connectivity index (χ1n) is 8.52. The molecule has 3 rings (SSSR count). The maximum Gasteiger partial charge on any atom is 0.223 e. The van der Waals surface area contributed by atoms with Crippen LogP contribution in [0.4, 0.5) is 0 Å². The lowest BCUT2D eigenvalue weighted by molar-refractivity contribution is -0.131. The van der Waals surface area contributed by atoms with Crippen molar-refractivity contribution in [2.24, 2.45) is 17.1 Å². The highest BCUT2D eigenvalue weighted by atomic mass is 35.5. The minimum Gasteiger partial charge on any atom is -0.342 e. The third-order valence-corrected chi connectivity index (χ3v) is 6.51. The Labute approximate surface area is 156 Å². The second-order valence-electron chi connectivity index (χ2n) is 7.56. The number of sulfone groups is 1. The van der Waals surface area contributed by atoms with E-state index in [1.807, 2.05) is 23.1 Å². The number of halogens is 1. The van der Waals surface area contributed by atoms with E-state index in [1.165, 1.54) is 11.8 Å². The molecule has 1 aromatic carbocycles. The highest BCUT2D eigenvalue weighted by molar-refractivity contribution is 7.90. The lowest BCUT2D eigenvalue weighted by Gasteiger charge is -2.20. The zero-order chi connectivity index (χ0) is 17.4. The van der Waals surface area contributed by atoms with Crippen LogP contribution in [0.1, 0.15) is 30.7 Å². The van der Waals surface area contributed by atoms with Crippen LogP contribution < -0.4 is 5.73 Å². The first-order valence-corrected chi connectivity index (χ1v) is 10.6. The SMILES string of the molecule is CS(=O)(=O)CC1(CC(=O)N2C[C@@H](CN)[C@H](c3ccccc3)C2)CC1.Cl. The topological polar surface area (TPSA) is 80.5 Å². The Morgan fingerprint density at radius 1 is 1.24 bits per heavy atom. The van der Waals surface area contributed by atoms with Crippen molar-refractivity contribution >= 4 is 28.2 Å². The van der Waals surface area contributed by atoms with Crippen molar-refractivity contribution in [3.8, 4) is 0 Å². The molecule has 25 heavy (non-hydrogen) atoms. The number of amides is 1. The molecule has 5 nitrogen and oxygen atoms in total. The zero-order valence-corrected chi connectivity index (χ0v) is 16.2. The molecular formula is C18H27ClN2O3S. The Bertz CT molecular complexity index is 704. The number of carbonyl (C=O) groups is 1. The van der Waals surface area contributed by atoms with E-state index in [-0.39, 0.29) is 41.3 Å². The Kier molecular flexibility index (Phi) is 6.17. The van der Waals surface area contributed by atoms with Crippen molar-refractivity contribution in [2.75, 3.05) is 31.6 Å². The highest BCUT2D eigenvalue weighted by Crippen LogP contribution is 2.50. The first kappa shape index (κ1) is 20.2. The lowest BCUT2D eigenvalue weighted by Crippen LogP contribution is -2.33. The molecule has 1 aliphatic carbocycles. The summed E-state index contributed by atoms with van der Waals surface area (Å²) in [6.45, 7) is 1.90. The van der Waals surface area contributed by atoms with Crippen molar-refractivity contribution in [1.82, 2.24) is 4.90 Å². The molecule has 1 saturated heterocycles. The summed E-state index contributed by atoms with van der Waals surface area (Å²) in [5.41, 5.74) is 6.84. The molecule has 2 atom stereocenters. The predicted octanol–water partition coefficient (Wildman–Crippen LogP) is 1.82. The number of hydrogen-bond donors (Lipinski definition) is 1. The first-order chi connectivity index (χ1) is 11.3. The molecule has 2 fully saturated rings. The van der Waals surface area contributed by atoms with Gasteiger partial charge in [-0.25, -0.2) is 8.42 Å². The van der Waals surface area contributed by atoms with Gasteiger partial charge in [0.05, 0.1) is 5.75 Å². The minimum atomic E-state index is -3.05. The van der Waals surface area contributed by atoms with E-state index in [0.717, 1.165) is 12.8 Å². The predicted molar refractivity (Wildman–Crippen MR) is 102 cm³/mol. The van der Waals surface area contributed by atoms with Crippen molar-refractivity contribution in [2.45, 2.75) is 25.2 Å². The van der Waals surface area contributed by atoms with Crippen LogP contribution in [-0.4, -0.2) is 50.9 Å². The van der Waals surface area contributed by atoms with Crippen molar-refractivity contribution < 1.29 is 13.2 Å². The van der Waals surface area contributed by atoms with Crippen LogP contribution in [0.3, 0.4) is 0 Å². The summed E-state index contributed by atoms with van der Waals surface area (Å²) in [5.74, 6) is 0.738. The average Bonchev–Trinajstić information content (AvgIpc) is 3.12. The van der Waals surface area contributed by atoms with Gasteiger partial charge in [0.15, 0.2) is 0 Å². The second kappa shape index (κ2) is 7.64. The maximum absolute atomic E-state index is 12.7. The smallest absolute Gasteiger partial charge is 0.223 e. The van der Waals surface area contributed by atoms with Crippen LogP contribution in [0, 0.1) is 11.3 Å². The summed E-state index contributed by atoms with van der Waals surface area (Å²) in [7, 11) is -3.05. The summed E-state index contributed by atoms with van der Waals surface area (Å²) in [6, 6.07) is 10.2. The highest BCUT2D eigenvalue weighted by Gasteiger charge is 2.48. The molecule has 2 N–H and O–H groups in total. The molecule has 0 unspecified atom stereocenters. The molecule has 1 saturated carbocycles. The zero-order valence-electron chi connectivity index (χ0n) is 14.6. The van der Waals surface area contributed by atoms with Gasteiger partial charge in [-0.15, -0.1) is 12.4 Å². The van der Waals surface area contributed by atoms with E-state index in [2.05, 4.69) is 12.1 Å². The molecule has 1 amide bonds. The third-order valence-electron chi connectivity index (χ3n) is 5.38. The van der Waals surface area contributed by atoms with Gasteiger partial charge < -0.3 is 10.6 Å². The van der Waals surface area contributed by atoms with E-state index in [4.69, 9.17) is 5.73 Å². The van der Waals surface area contributed by atoms with Gasteiger partial charge in [-0.1, -0.05) is 30.3 Å². The summed E-state index contributed by atoms with van der Waals surface area (Å²) in [6.07, 6.45) is 3.27. The lowest BCUT2D eigenvalue weighted by atomic mass is 9.89. The maximum atomic E-state index is 12.7. The number of hydrogen-bond acceptors (Lipinski definition) is 4. The van der Waals surface area contributed by atoms with E-state index < -0.39 is 9.84 Å². The molecule has 1 heterocycles. The number of nitrogens with zero attached hydrogens (tertiary/aromatic N) is 1. The van der Waals surface area contributed by atoms with Gasteiger partial charge in [-0.3, -0.25) is 4.79 Å². The fraction of sp³-hybridized carbons (Fsp3) is 0.611. The van der Waals surface area contributed by atoms with Crippen LogP contribution in [0.15, 0.2) is 30.3 Å². The normalized spacial score (nSPS) is 24.6. The van der Waals surface area contributed by atoms with Gasteiger partial charge >= 0.3 is 0 Å². The Morgan fingerprint density at radius 2 is 1.88 bits per heavy atom. The summed E-state index contributed by atoms with van der Waals surface area (Å²) in [5, 5.41) is 0. The molecule has 0 radical (unpaired) electrons. The fourth-order valence-corrected chi connectivity index (χ4v) is 5.43. The standard InChI is InChI=1S/C18H26N2O3S.ClH/c1-24(22,23)13-18(7-8-18)9-17(21)20-11-15(10-19)16(12-20)14-5-3-2-4-6-14;/h2-6,15-16H,7-13,19H2,1H3;1H/t15-,16+;/m1./s1. The van der Waals surface area contributed by atoms with E-state index in [0.29, 0.717) is 26.1 Å². The largest absolute Gasteiger partial charge is 0.342 e. The van der Waals surface area contributed by atoms with Crippen LogP contribution >= 0.6 is 12.4 Å². The molecule has 140 valence electrons. The molecule has 0 aromatic heterocycles. The average molecular weight is 387 g/mol. The van der Waals surface area contributed by atoms with Gasteiger partial charge in [0, 0.05) is 31.7 Å². The molecule has 0 bridgehead atoms. The molecule has 1 aromatic rings. The quantitative estimate of drug-likeness (QED) is 0.808. The number of likely N-dealkylation sites (tertiary alicyclic amines) is 1. The molecular weight excluding hydrogens is 360 g/mol. The van der Waals surface area contributed by atoms with Crippen LogP contribution in [0.5, 0.6) is 0 Å². The number of rotatable bonds is 6. The van der Waals surface area contributed by atoms with E-state index in [9.17, 15) is 13.2 Å². The fourth-order valence-electron chi connectivity index (χ4n) is 3.93. The minimum absolute atomic E-state index is 0. The molecule has 7 heteroatoms. The third kappa shape index (κ3) is 4.96. The Balaban J connectivity index is 0.00000225. The summed E-state index contributed by atoms with van der Waals surface area (Å²) < 4.78 is 23.2. The van der Waals surface area contributed by atoms with Gasteiger partial charge in [-0.2, -0.15) is 0 Å². The van der Waals surface area contributed by atoms with Crippen LogP contribution in [-0.2, 0) is 14.6 Å². The van der Waals surface area contributed by atoms with E-state index >= 15 is 0 Å². The van der Waals surface area contributed by atoms with E-state index in [1.54, 1.807) is 0 Å². The Morgan fingerprint density at radius 3 is 2.40 bits per heavy atom.